The van der Waals surface area contributed by atoms with Gasteiger partial charge in [-0.3, -0.25) is 15.1 Å². The molecule has 5 nitrogen and oxygen atoms in total. The molecule has 2 heterocycles. The molecule has 2 aliphatic heterocycles. The van der Waals surface area contributed by atoms with Gasteiger partial charge in [-0.15, -0.1) is 0 Å². The van der Waals surface area contributed by atoms with Crippen LogP contribution in [0, 0.1) is 5.92 Å². The number of carbonyl (C=O) groups excluding carboxylic acids is 1. The first-order chi connectivity index (χ1) is 10.2. The Hall–Kier alpha value is -0.170. The summed E-state index contributed by atoms with van der Waals surface area (Å²) in [5, 5.41) is 0. The molecule has 0 aliphatic carbocycles. The van der Waals surface area contributed by atoms with E-state index in [-0.39, 0.29) is 16.8 Å². The molecule has 3 atom stereocenters. The zero-order valence-electron chi connectivity index (χ0n) is 13.3. The van der Waals surface area contributed by atoms with Gasteiger partial charge < -0.3 is 4.90 Å². The van der Waals surface area contributed by atoms with E-state index in [1.165, 1.54) is 25.8 Å². The SMILES string of the molecule is CCCC(CC)CN1CCN(C2CNNC(=O)C2Br)CC1. The molecule has 0 spiro atoms. The predicted molar refractivity (Wildman–Crippen MR) is 89.4 cm³/mol. The molecule has 6 heteroatoms. The molecule has 0 saturated carbocycles. The molecular weight excluding hydrogens is 332 g/mol. The molecule has 2 saturated heterocycles. The molecule has 3 unspecified atom stereocenters. The van der Waals surface area contributed by atoms with Gasteiger partial charge >= 0.3 is 0 Å². The third kappa shape index (κ3) is 4.65. The van der Waals surface area contributed by atoms with Gasteiger partial charge in [-0.25, -0.2) is 5.43 Å². The fourth-order valence-electron chi connectivity index (χ4n) is 3.38. The van der Waals surface area contributed by atoms with E-state index in [4.69, 9.17) is 0 Å². The van der Waals surface area contributed by atoms with E-state index < -0.39 is 0 Å². The second-order valence-electron chi connectivity index (χ2n) is 6.24. The molecule has 2 N–H and O–H groups in total. The van der Waals surface area contributed by atoms with Crippen LogP contribution in [-0.2, 0) is 4.79 Å². The van der Waals surface area contributed by atoms with Crippen molar-refractivity contribution in [2.75, 3.05) is 39.3 Å². The van der Waals surface area contributed by atoms with Crippen LogP contribution in [0.1, 0.15) is 33.1 Å². The summed E-state index contributed by atoms with van der Waals surface area (Å²) in [7, 11) is 0. The van der Waals surface area contributed by atoms with Gasteiger partial charge in [0.15, 0.2) is 0 Å². The van der Waals surface area contributed by atoms with Crippen molar-refractivity contribution in [3.8, 4) is 0 Å². The number of piperazine rings is 1. The largest absolute Gasteiger partial charge is 0.301 e. The number of alkyl halides is 1. The third-order valence-corrected chi connectivity index (χ3v) is 5.80. The number of rotatable bonds is 6. The van der Waals surface area contributed by atoms with Gasteiger partial charge in [0.05, 0.1) is 0 Å². The van der Waals surface area contributed by atoms with Crippen LogP contribution in [0.3, 0.4) is 0 Å². The lowest BCUT2D eigenvalue weighted by Gasteiger charge is -2.43. The van der Waals surface area contributed by atoms with E-state index in [1.54, 1.807) is 0 Å². The Kier molecular flexibility index (Phi) is 6.92. The number of halogens is 1. The molecule has 0 aromatic rings. The normalized spacial score (nSPS) is 30.1. The lowest BCUT2D eigenvalue weighted by molar-refractivity contribution is -0.124. The maximum Gasteiger partial charge on any atom is 0.249 e. The Morgan fingerprint density at radius 3 is 2.62 bits per heavy atom. The fourth-order valence-corrected chi connectivity index (χ4v) is 4.02. The predicted octanol–water partition coefficient (Wildman–Crippen LogP) is 1.20. The maximum atomic E-state index is 11.7. The van der Waals surface area contributed by atoms with E-state index in [0.29, 0.717) is 0 Å². The van der Waals surface area contributed by atoms with Gasteiger partial charge in [-0.1, -0.05) is 42.6 Å². The zero-order valence-corrected chi connectivity index (χ0v) is 14.9. The van der Waals surface area contributed by atoms with Gasteiger partial charge in [0.2, 0.25) is 5.91 Å². The number of hydrazine groups is 1. The second kappa shape index (κ2) is 8.46. The molecule has 122 valence electrons. The number of nitrogens with one attached hydrogen (secondary N) is 2. The van der Waals surface area contributed by atoms with Crippen LogP contribution in [0.4, 0.5) is 0 Å². The van der Waals surface area contributed by atoms with Crippen molar-refractivity contribution in [2.24, 2.45) is 5.92 Å². The highest BCUT2D eigenvalue weighted by molar-refractivity contribution is 9.10. The molecular formula is C15H29BrN4O. The Morgan fingerprint density at radius 1 is 1.29 bits per heavy atom. The Morgan fingerprint density at radius 2 is 2.00 bits per heavy atom. The van der Waals surface area contributed by atoms with Crippen LogP contribution in [0.2, 0.25) is 0 Å². The minimum absolute atomic E-state index is 0.0441. The molecule has 0 bridgehead atoms. The summed E-state index contributed by atoms with van der Waals surface area (Å²) in [4.78, 5) is 16.7. The second-order valence-corrected chi connectivity index (χ2v) is 7.23. The van der Waals surface area contributed by atoms with E-state index in [9.17, 15) is 4.79 Å². The van der Waals surface area contributed by atoms with Gasteiger partial charge in [0.1, 0.15) is 4.83 Å². The Labute approximate surface area is 136 Å². The summed E-state index contributed by atoms with van der Waals surface area (Å²) >= 11 is 3.54. The van der Waals surface area contributed by atoms with E-state index in [0.717, 1.165) is 38.6 Å². The quantitative estimate of drug-likeness (QED) is 0.698. The van der Waals surface area contributed by atoms with Gasteiger partial charge in [0.25, 0.3) is 0 Å². The standard InChI is InChI=1S/C15H29BrN4O/c1-3-5-12(4-2)11-19-6-8-20(9-7-19)13-10-17-18-15(21)14(13)16/h12-14,17H,3-11H2,1-2H3,(H,18,21). The van der Waals surface area contributed by atoms with Crippen molar-refractivity contribution in [3.63, 3.8) is 0 Å². The van der Waals surface area contributed by atoms with E-state index >= 15 is 0 Å². The van der Waals surface area contributed by atoms with Crippen molar-refractivity contribution in [2.45, 2.75) is 44.0 Å². The first-order valence-electron chi connectivity index (χ1n) is 8.28. The molecule has 0 radical (unpaired) electrons. The summed E-state index contributed by atoms with van der Waals surface area (Å²) < 4.78 is 0. The first kappa shape index (κ1) is 17.2. The molecule has 1 amide bonds. The summed E-state index contributed by atoms with van der Waals surface area (Å²) in [6.45, 7) is 11.0. The minimum Gasteiger partial charge on any atom is -0.301 e. The van der Waals surface area contributed by atoms with Crippen LogP contribution in [0.15, 0.2) is 0 Å². The molecule has 21 heavy (non-hydrogen) atoms. The van der Waals surface area contributed by atoms with Crippen molar-refractivity contribution >= 4 is 21.8 Å². The third-order valence-electron chi connectivity index (χ3n) is 4.78. The average molecular weight is 361 g/mol. The number of hydrogen-bond acceptors (Lipinski definition) is 4. The molecule has 2 rings (SSSR count). The van der Waals surface area contributed by atoms with Gasteiger partial charge in [-0.2, -0.15) is 0 Å². The van der Waals surface area contributed by atoms with Crippen LogP contribution in [-0.4, -0.2) is 65.8 Å². The van der Waals surface area contributed by atoms with Gasteiger partial charge in [0, 0.05) is 45.3 Å². The Balaban J connectivity index is 1.78. The minimum atomic E-state index is -0.103. The zero-order chi connectivity index (χ0) is 15.2. The van der Waals surface area contributed by atoms with Crippen molar-refractivity contribution < 1.29 is 4.79 Å². The summed E-state index contributed by atoms with van der Waals surface area (Å²) in [6.07, 6.45) is 3.91. The number of hydrogen-bond donors (Lipinski definition) is 2. The van der Waals surface area contributed by atoms with Crippen molar-refractivity contribution in [3.05, 3.63) is 0 Å². The van der Waals surface area contributed by atoms with Crippen LogP contribution in [0.5, 0.6) is 0 Å². The highest BCUT2D eigenvalue weighted by atomic mass is 79.9. The molecule has 2 fully saturated rings. The topological polar surface area (TPSA) is 47.6 Å². The lowest BCUT2D eigenvalue weighted by atomic mass is 9.99. The number of nitrogens with zero attached hydrogens (tertiary/aromatic N) is 2. The number of amides is 1. The van der Waals surface area contributed by atoms with Crippen molar-refractivity contribution in [1.82, 2.24) is 20.7 Å². The highest BCUT2D eigenvalue weighted by Gasteiger charge is 2.35. The monoisotopic (exact) mass is 360 g/mol. The van der Waals surface area contributed by atoms with Crippen LogP contribution < -0.4 is 10.9 Å². The van der Waals surface area contributed by atoms with E-state index in [2.05, 4.69) is 50.4 Å². The van der Waals surface area contributed by atoms with Crippen molar-refractivity contribution in [1.29, 1.82) is 0 Å². The number of carbonyl (C=O) groups is 1. The van der Waals surface area contributed by atoms with Crippen LogP contribution >= 0.6 is 15.9 Å². The van der Waals surface area contributed by atoms with E-state index in [1.807, 2.05) is 0 Å². The Bertz CT molecular complexity index is 334. The lowest BCUT2D eigenvalue weighted by Crippen LogP contribution is -2.64. The average Bonchev–Trinajstić information content (AvgIpc) is 2.50. The summed E-state index contributed by atoms with van der Waals surface area (Å²) in [6, 6.07) is 0.263. The summed E-state index contributed by atoms with van der Waals surface area (Å²) in [5.41, 5.74) is 5.68. The highest BCUT2D eigenvalue weighted by Crippen LogP contribution is 2.19. The molecule has 0 aromatic heterocycles. The van der Waals surface area contributed by atoms with Crippen LogP contribution in [0.25, 0.3) is 0 Å². The molecule has 0 aromatic carbocycles. The first-order valence-corrected chi connectivity index (χ1v) is 9.20. The smallest absolute Gasteiger partial charge is 0.249 e. The fraction of sp³-hybridized carbons (Fsp3) is 0.933. The maximum absolute atomic E-state index is 11.7. The molecule has 2 aliphatic rings. The van der Waals surface area contributed by atoms with Gasteiger partial charge in [-0.05, 0) is 12.3 Å². The summed E-state index contributed by atoms with van der Waals surface area (Å²) in [5.74, 6) is 0.885.